The van der Waals surface area contributed by atoms with Gasteiger partial charge in [-0.1, -0.05) is 0 Å². The van der Waals surface area contributed by atoms with Crippen LogP contribution in [0.4, 0.5) is 10.5 Å². The average molecular weight is 330 g/mol. The normalized spacial score (nSPS) is 12.3. The van der Waals surface area contributed by atoms with E-state index in [4.69, 9.17) is 0 Å². The number of aromatic nitrogens is 3. The summed E-state index contributed by atoms with van der Waals surface area (Å²) in [6.45, 7) is 7.26. The van der Waals surface area contributed by atoms with Crippen molar-refractivity contribution in [1.82, 2.24) is 25.4 Å². The van der Waals surface area contributed by atoms with Gasteiger partial charge < -0.3 is 16.0 Å². The van der Waals surface area contributed by atoms with Crippen LogP contribution in [0.2, 0.25) is 0 Å². The molecule has 0 fully saturated rings. The molecule has 0 spiro atoms. The topological polar surface area (TPSA) is 101 Å². The number of carbonyl (C=O) groups is 2. The fraction of sp³-hybridized carbons (Fsp3) is 0.375. The van der Waals surface area contributed by atoms with E-state index in [-0.39, 0.29) is 11.4 Å². The van der Waals surface area contributed by atoms with E-state index in [0.717, 1.165) is 0 Å². The van der Waals surface area contributed by atoms with Crippen molar-refractivity contribution in [3.63, 3.8) is 0 Å². The van der Waals surface area contributed by atoms with Crippen molar-refractivity contribution in [1.29, 1.82) is 0 Å². The lowest BCUT2D eigenvalue weighted by molar-refractivity contribution is -0.123. The first-order valence-electron chi connectivity index (χ1n) is 7.60. The van der Waals surface area contributed by atoms with Crippen molar-refractivity contribution in [2.75, 3.05) is 5.32 Å². The van der Waals surface area contributed by atoms with Crippen molar-refractivity contribution in [2.24, 2.45) is 0 Å². The van der Waals surface area contributed by atoms with Crippen molar-refractivity contribution >= 4 is 17.6 Å². The number of pyridine rings is 1. The zero-order chi connectivity index (χ0) is 17.7. The van der Waals surface area contributed by atoms with Crippen LogP contribution in [-0.2, 0) is 4.79 Å². The van der Waals surface area contributed by atoms with Gasteiger partial charge in [-0.05, 0) is 45.9 Å². The van der Waals surface area contributed by atoms with Gasteiger partial charge in [0.05, 0.1) is 11.9 Å². The first-order chi connectivity index (χ1) is 11.2. The summed E-state index contributed by atoms with van der Waals surface area (Å²) in [5.41, 5.74) is 0.169. The molecule has 0 aliphatic rings. The van der Waals surface area contributed by atoms with E-state index in [2.05, 4.69) is 26.0 Å². The predicted octanol–water partition coefficient (Wildman–Crippen LogP) is 1.69. The maximum atomic E-state index is 12.0. The minimum absolute atomic E-state index is 0.246. The third-order valence-corrected chi connectivity index (χ3v) is 2.98. The van der Waals surface area contributed by atoms with Gasteiger partial charge in [0.2, 0.25) is 5.91 Å². The van der Waals surface area contributed by atoms with E-state index < -0.39 is 12.1 Å². The summed E-state index contributed by atoms with van der Waals surface area (Å²) >= 11 is 0. The lowest BCUT2D eigenvalue weighted by Gasteiger charge is -2.23. The van der Waals surface area contributed by atoms with E-state index in [0.29, 0.717) is 11.5 Å². The van der Waals surface area contributed by atoms with Gasteiger partial charge in [-0.2, -0.15) is 5.10 Å². The minimum Gasteiger partial charge on any atom is -0.350 e. The molecule has 24 heavy (non-hydrogen) atoms. The summed E-state index contributed by atoms with van der Waals surface area (Å²) in [4.78, 5) is 28.1. The number of nitrogens with one attached hydrogen (secondary N) is 3. The summed E-state index contributed by atoms with van der Waals surface area (Å²) in [7, 11) is 0. The number of carbonyl (C=O) groups excluding carboxylic acids is 2. The molecule has 2 heterocycles. The zero-order valence-corrected chi connectivity index (χ0v) is 14.2. The first kappa shape index (κ1) is 17.5. The molecule has 2 rings (SSSR count). The average Bonchev–Trinajstić information content (AvgIpc) is 3.00. The van der Waals surface area contributed by atoms with Crippen LogP contribution in [0.5, 0.6) is 0 Å². The van der Waals surface area contributed by atoms with Crippen molar-refractivity contribution < 1.29 is 9.59 Å². The fourth-order valence-electron chi connectivity index (χ4n) is 1.91. The molecule has 2 aromatic heterocycles. The first-order valence-corrected chi connectivity index (χ1v) is 7.60. The molecule has 128 valence electrons. The second kappa shape index (κ2) is 7.12. The highest BCUT2D eigenvalue weighted by atomic mass is 16.2. The van der Waals surface area contributed by atoms with Crippen LogP contribution < -0.4 is 16.0 Å². The van der Waals surface area contributed by atoms with Crippen LogP contribution in [0.15, 0.2) is 36.8 Å². The molecule has 0 bridgehead atoms. The lowest BCUT2D eigenvalue weighted by atomic mass is 10.1. The summed E-state index contributed by atoms with van der Waals surface area (Å²) in [5, 5.41) is 12.1. The Hall–Kier alpha value is -2.90. The van der Waals surface area contributed by atoms with Gasteiger partial charge in [-0.25, -0.2) is 14.5 Å². The van der Waals surface area contributed by atoms with Gasteiger partial charge in [0.15, 0.2) is 5.82 Å². The SMILES string of the molecule is CC(NC(=O)Nc1ccc(-n2cccn2)nc1)C(=O)NC(C)(C)C. The Morgan fingerprint density at radius 3 is 2.54 bits per heavy atom. The minimum atomic E-state index is -0.652. The summed E-state index contributed by atoms with van der Waals surface area (Å²) in [6.07, 6.45) is 4.96. The Balaban J connectivity index is 1.89. The van der Waals surface area contributed by atoms with Crippen LogP contribution in [0.25, 0.3) is 5.82 Å². The Morgan fingerprint density at radius 2 is 2.00 bits per heavy atom. The highest BCUT2D eigenvalue weighted by molar-refractivity contribution is 5.93. The Kier molecular flexibility index (Phi) is 5.18. The third-order valence-electron chi connectivity index (χ3n) is 2.98. The highest BCUT2D eigenvalue weighted by Gasteiger charge is 2.20. The molecule has 0 saturated carbocycles. The number of rotatable bonds is 4. The van der Waals surface area contributed by atoms with Gasteiger partial charge in [0, 0.05) is 17.9 Å². The van der Waals surface area contributed by atoms with Gasteiger partial charge in [0.1, 0.15) is 6.04 Å². The number of urea groups is 1. The lowest BCUT2D eigenvalue weighted by Crippen LogP contribution is -2.51. The Morgan fingerprint density at radius 1 is 1.25 bits per heavy atom. The summed E-state index contributed by atoms with van der Waals surface area (Å²) < 4.78 is 1.61. The second-order valence-electron chi connectivity index (χ2n) is 6.42. The molecule has 8 heteroatoms. The van der Waals surface area contributed by atoms with Gasteiger partial charge in [-0.15, -0.1) is 0 Å². The van der Waals surface area contributed by atoms with E-state index in [1.54, 1.807) is 42.2 Å². The molecular formula is C16H22N6O2. The highest BCUT2D eigenvalue weighted by Crippen LogP contribution is 2.09. The van der Waals surface area contributed by atoms with Crippen LogP contribution in [0.1, 0.15) is 27.7 Å². The number of amides is 3. The molecule has 0 saturated heterocycles. The smallest absolute Gasteiger partial charge is 0.319 e. The molecule has 8 nitrogen and oxygen atoms in total. The molecule has 1 atom stereocenters. The molecule has 0 aliphatic heterocycles. The largest absolute Gasteiger partial charge is 0.350 e. The second-order valence-corrected chi connectivity index (χ2v) is 6.42. The Bertz CT molecular complexity index is 688. The summed E-state index contributed by atoms with van der Waals surface area (Å²) in [5.74, 6) is 0.397. The number of nitrogens with zero attached hydrogens (tertiary/aromatic N) is 3. The van der Waals surface area contributed by atoms with Crippen LogP contribution in [-0.4, -0.2) is 38.3 Å². The van der Waals surface area contributed by atoms with Crippen molar-refractivity contribution in [3.05, 3.63) is 36.8 Å². The van der Waals surface area contributed by atoms with Crippen LogP contribution >= 0.6 is 0 Å². The van der Waals surface area contributed by atoms with Crippen LogP contribution in [0.3, 0.4) is 0 Å². The van der Waals surface area contributed by atoms with E-state index in [1.807, 2.05) is 20.8 Å². The van der Waals surface area contributed by atoms with Crippen molar-refractivity contribution in [3.8, 4) is 5.82 Å². The molecule has 2 aromatic rings. The third kappa shape index (κ3) is 5.08. The quantitative estimate of drug-likeness (QED) is 0.794. The molecule has 3 N–H and O–H groups in total. The van der Waals surface area contributed by atoms with Gasteiger partial charge >= 0.3 is 6.03 Å². The molecule has 1 unspecified atom stereocenters. The number of hydrogen-bond donors (Lipinski definition) is 3. The zero-order valence-electron chi connectivity index (χ0n) is 14.2. The fourth-order valence-corrected chi connectivity index (χ4v) is 1.91. The van der Waals surface area contributed by atoms with Gasteiger partial charge in [0.25, 0.3) is 0 Å². The number of hydrogen-bond acceptors (Lipinski definition) is 4. The molecule has 0 aromatic carbocycles. The Labute approximate surface area is 140 Å². The van der Waals surface area contributed by atoms with Gasteiger partial charge in [-0.3, -0.25) is 4.79 Å². The van der Waals surface area contributed by atoms with E-state index in [1.165, 1.54) is 6.20 Å². The summed E-state index contributed by atoms with van der Waals surface area (Å²) in [6, 6.07) is 4.12. The molecule has 0 aliphatic carbocycles. The maximum absolute atomic E-state index is 12.0. The predicted molar refractivity (Wildman–Crippen MR) is 90.9 cm³/mol. The van der Waals surface area contributed by atoms with Crippen LogP contribution in [0, 0.1) is 0 Å². The monoisotopic (exact) mass is 330 g/mol. The molecular weight excluding hydrogens is 308 g/mol. The van der Waals surface area contributed by atoms with E-state index >= 15 is 0 Å². The molecule has 3 amide bonds. The maximum Gasteiger partial charge on any atom is 0.319 e. The standard InChI is InChI=1S/C16H22N6O2/c1-11(14(23)21-16(2,3)4)19-15(24)20-12-6-7-13(17-10-12)22-9-5-8-18-22/h5-11H,1-4H3,(H,21,23)(H2,19,20,24). The number of anilines is 1. The van der Waals surface area contributed by atoms with Crippen molar-refractivity contribution in [2.45, 2.75) is 39.3 Å². The van der Waals surface area contributed by atoms with E-state index in [9.17, 15) is 9.59 Å². The molecule has 0 radical (unpaired) electrons.